The van der Waals surface area contributed by atoms with Crippen molar-refractivity contribution in [2.24, 2.45) is 7.05 Å². The van der Waals surface area contributed by atoms with Gasteiger partial charge in [0.15, 0.2) is 0 Å². The summed E-state index contributed by atoms with van der Waals surface area (Å²) in [6.07, 6.45) is 4.71. The topological polar surface area (TPSA) is 42.7 Å². The van der Waals surface area contributed by atoms with Gasteiger partial charge in [-0.1, -0.05) is 13.0 Å². The molecule has 1 N–H and O–H groups in total. The summed E-state index contributed by atoms with van der Waals surface area (Å²) in [4.78, 5) is 4.36. The van der Waals surface area contributed by atoms with Gasteiger partial charge in [0, 0.05) is 37.6 Å². The van der Waals surface area contributed by atoms with Crippen LogP contribution in [0.15, 0.2) is 30.6 Å². The van der Waals surface area contributed by atoms with Crippen molar-refractivity contribution in [1.29, 1.82) is 0 Å². The number of nitrogens with zero attached hydrogens (tertiary/aromatic N) is 3. The Hall–Kier alpha value is -1.68. The van der Waals surface area contributed by atoms with Crippen LogP contribution >= 0.6 is 0 Å². The standard InChI is InChI=1S/C14H20N4/c1-4-15-14(10-12-7-9-18(3)17-12)13-6-5-8-16-11(13)2/h5-9,14-15H,4,10H2,1-3H3. The van der Waals surface area contributed by atoms with Crippen molar-refractivity contribution in [3.05, 3.63) is 47.5 Å². The molecule has 2 aromatic heterocycles. The lowest BCUT2D eigenvalue weighted by molar-refractivity contribution is 0.535. The number of hydrogen-bond acceptors (Lipinski definition) is 3. The molecule has 2 heterocycles. The Labute approximate surface area is 108 Å². The van der Waals surface area contributed by atoms with Crippen LogP contribution in [-0.2, 0) is 13.5 Å². The molecular weight excluding hydrogens is 224 g/mol. The van der Waals surface area contributed by atoms with Crippen molar-refractivity contribution >= 4 is 0 Å². The number of aryl methyl sites for hydroxylation is 2. The smallest absolute Gasteiger partial charge is 0.0643 e. The molecule has 0 saturated heterocycles. The van der Waals surface area contributed by atoms with Crippen molar-refractivity contribution in [1.82, 2.24) is 20.1 Å². The highest BCUT2D eigenvalue weighted by Gasteiger charge is 2.14. The van der Waals surface area contributed by atoms with Gasteiger partial charge in [-0.3, -0.25) is 9.67 Å². The van der Waals surface area contributed by atoms with Gasteiger partial charge in [-0.15, -0.1) is 0 Å². The molecule has 0 aliphatic rings. The third kappa shape index (κ3) is 2.96. The van der Waals surface area contributed by atoms with Gasteiger partial charge in [0.05, 0.1) is 5.69 Å². The molecule has 0 spiro atoms. The molecule has 18 heavy (non-hydrogen) atoms. The molecule has 4 nitrogen and oxygen atoms in total. The second-order valence-electron chi connectivity index (χ2n) is 4.47. The number of nitrogens with one attached hydrogen (secondary N) is 1. The summed E-state index contributed by atoms with van der Waals surface area (Å²) in [5.41, 5.74) is 3.44. The van der Waals surface area contributed by atoms with Crippen LogP contribution in [0.4, 0.5) is 0 Å². The fraction of sp³-hybridized carbons (Fsp3) is 0.429. The first-order valence-corrected chi connectivity index (χ1v) is 6.34. The molecule has 0 aliphatic carbocycles. The molecule has 2 rings (SSSR count). The maximum absolute atomic E-state index is 4.44. The van der Waals surface area contributed by atoms with E-state index in [2.05, 4.69) is 41.4 Å². The molecule has 0 amide bonds. The highest BCUT2D eigenvalue weighted by molar-refractivity contribution is 5.24. The molecule has 4 heteroatoms. The summed E-state index contributed by atoms with van der Waals surface area (Å²) in [5.74, 6) is 0. The molecular formula is C14H20N4. The van der Waals surface area contributed by atoms with Crippen molar-refractivity contribution in [3.8, 4) is 0 Å². The summed E-state index contributed by atoms with van der Waals surface area (Å²) < 4.78 is 1.84. The van der Waals surface area contributed by atoms with Crippen molar-refractivity contribution in [2.45, 2.75) is 26.3 Å². The van der Waals surface area contributed by atoms with E-state index in [9.17, 15) is 0 Å². The minimum atomic E-state index is 0.276. The molecule has 0 fully saturated rings. The van der Waals surface area contributed by atoms with Crippen LogP contribution in [0.3, 0.4) is 0 Å². The summed E-state index contributed by atoms with van der Waals surface area (Å²) >= 11 is 0. The lowest BCUT2D eigenvalue weighted by atomic mass is 10.0. The van der Waals surface area contributed by atoms with Gasteiger partial charge in [0.1, 0.15) is 0 Å². The first kappa shape index (κ1) is 12.8. The number of pyridine rings is 1. The molecule has 1 unspecified atom stereocenters. The second-order valence-corrected chi connectivity index (χ2v) is 4.47. The largest absolute Gasteiger partial charge is 0.310 e. The fourth-order valence-corrected chi connectivity index (χ4v) is 2.18. The number of rotatable bonds is 5. The van der Waals surface area contributed by atoms with E-state index >= 15 is 0 Å². The average molecular weight is 244 g/mol. The zero-order valence-electron chi connectivity index (χ0n) is 11.2. The van der Waals surface area contributed by atoms with E-state index in [1.165, 1.54) is 5.56 Å². The summed E-state index contributed by atoms with van der Waals surface area (Å²) in [5, 5.41) is 7.95. The zero-order valence-corrected chi connectivity index (χ0v) is 11.2. The normalized spacial score (nSPS) is 12.6. The summed E-state index contributed by atoms with van der Waals surface area (Å²) in [6.45, 7) is 5.11. The van der Waals surface area contributed by atoms with E-state index in [4.69, 9.17) is 0 Å². The maximum atomic E-state index is 4.44. The Kier molecular flexibility index (Phi) is 4.10. The lowest BCUT2D eigenvalue weighted by Gasteiger charge is -2.18. The van der Waals surface area contributed by atoms with Crippen LogP contribution < -0.4 is 5.32 Å². The van der Waals surface area contributed by atoms with Crippen molar-refractivity contribution in [2.75, 3.05) is 6.54 Å². The minimum absolute atomic E-state index is 0.276. The van der Waals surface area contributed by atoms with Gasteiger partial charge in [-0.05, 0) is 31.2 Å². The van der Waals surface area contributed by atoms with E-state index in [1.807, 2.05) is 30.2 Å². The molecule has 0 aliphatic heterocycles. The third-order valence-electron chi connectivity index (χ3n) is 3.06. The monoisotopic (exact) mass is 244 g/mol. The van der Waals surface area contributed by atoms with E-state index in [0.29, 0.717) is 0 Å². The zero-order chi connectivity index (χ0) is 13.0. The predicted octanol–water partition coefficient (Wildman–Crippen LogP) is 2.02. The number of likely N-dealkylation sites (N-methyl/N-ethyl adjacent to an activating group) is 1. The lowest BCUT2D eigenvalue weighted by Crippen LogP contribution is -2.24. The van der Waals surface area contributed by atoms with Crippen LogP contribution in [0.1, 0.15) is 29.9 Å². The SMILES string of the molecule is CCNC(Cc1ccn(C)n1)c1cccnc1C. The van der Waals surface area contributed by atoms with Crippen LogP contribution in [0.25, 0.3) is 0 Å². The Morgan fingerprint density at radius 1 is 1.39 bits per heavy atom. The van der Waals surface area contributed by atoms with Crippen LogP contribution in [0.5, 0.6) is 0 Å². The van der Waals surface area contributed by atoms with Gasteiger partial charge < -0.3 is 5.32 Å². The van der Waals surface area contributed by atoms with Crippen molar-refractivity contribution in [3.63, 3.8) is 0 Å². The summed E-state index contributed by atoms with van der Waals surface area (Å²) in [6, 6.07) is 6.47. The molecule has 0 radical (unpaired) electrons. The number of aromatic nitrogens is 3. The maximum Gasteiger partial charge on any atom is 0.0643 e. The molecule has 0 saturated carbocycles. The Bertz CT molecular complexity index is 504. The molecule has 96 valence electrons. The number of hydrogen-bond donors (Lipinski definition) is 1. The first-order valence-electron chi connectivity index (χ1n) is 6.34. The van der Waals surface area contributed by atoms with Crippen LogP contribution in [0, 0.1) is 6.92 Å². The molecule has 1 atom stereocenters. The van der Waals surface area contributed by atoms with E-state index in [1.54, 1.807) is 0 Å². The molecule has 0 aromatic carbocycles. The van der Waals surface area contributed by atoms with Gasteiger partial charge in [-0.2, -0.15) is 5.10 Å². The quantitative estimate of drug-likeness (QED) is 0.875. The minimum Gasteiger partial charge on any atom is -0.310 e. The second kappa shape index (κ2) is 5.78. The van der Waals surface area contributed by atoms with Crippen molar-refractivity contribution < 1.29 is 0 Å². The van der Waals surface area contributed by atoms with Gasteiger partial charge in [-0.25, -0.2) is 0 Å². The Morgan fingerprint density at radius 3 is 2.83 bits per heavy atom. The van der Waals surface area contributed by atoms with Gasteiger partial charge in [0.25, 0.3) is 0 Å². The van der Waals surface area contributed by atoms with E-state index in [-0.39, 0.29) is 6.04 Å². The highest BCUT2D eigenvalue weighted by atomic mass is 15.2. The molecule has 2 aromatic rings. The first-order chi connectivity index (χ1) is 8.70. The predicted molar refractivity (Wildman–Crippen MR) is 72.3 cm³/mol. The Morgan fingerprint density at radius 2 is 2.22 bits per heavy atom. The highest BCUT2D eigenvalue weighted by Crippen LogP contribution is 2.19. The van der Waals surface area contributed by atoms with E-state index < -0.39 is 0 Å². The molecule has 0 bridgehead atoms. The fourth-order valence-electron chi connectivity index (χ4n) is 2.18. The van der Waals surface area contributed by atoms with Gasteiger partial charge >= 0.3 is 0 Å². The van der Waals surface area contributed by atoms with Crippen LogP contribution in [-0.4, -0.2) is 21.3 Å². The van der Waals surface area contributed by atoms with Crippen LogP contribution in [0.2, 0.25) is 0 Å². The third-order valence-corrected chi connectivity index (χ3v) is 3.06. The summed E-state index contributed by atoms with van der Waals surface area (Å²) in [7, 11) is 1.95. The van der Waals surface area contributed by atoms with Gasteiger partial charge in [0.2, 0.25) is 0 Å². The average Bonchev–Trinajstić information content (AvgIpc) is 2.75. The van der Waals surface area contributed by atoms with E-state index in [0.717, 1.165) is 24.4 Å². The Balaban J connectivity index is 2.20.